The quantitative estimate of drug-likeness (QED) is 0.316. The summed E-state index contributed by atoms with van der Waals surface area (Å²) in [4.78, 5) is 4.73. The second-order valence-electron chi connectivity index (χ2n) is 8.57. The molecule has 4 N–H and O–H groups in total. The monoisotopic (exact) mass is 501 g/mol. The zero-order chi connectivity index (χ0) is 20.9. The van der Waals surface area contributed by atoms with Crippen LogP contribution >= 0.6 is 37.2 Å². The molecule has 0 bridgehead atoms. The number of halogens is 3. The lowest BCUT2D eigenvalue weighted by atomic mass is 9.94. The van der Waals surface area contributed by atoms with Crippen molar-refractivity contribution in [1.82, 2.24) is 0 Å². The summed E-state index contributed by atoms with van der Waals surface area (Å²) in [5.74, 6) is 0.978. The van der Waals surface area contributed by atoms with Crippen LogP contribution in [0.25, 0.3) is 0 Å². The van der Waals surface area contributed by atoms with Crippen molar-refractivity contribution in [2.45, 2.75) is 64.5 Å². The Labute approximate surface area is 214 Å². The Morgan fingerprint density at radius 2 is 1.19 bits per heavy atom. The number of hydrogen-bond donors (Lipinski definition) is 2. The first kappa shape index (κ1) is 33.1. The largest absolute Gasteiger partial charge is 0.327 e. The molecule has 2 aromatic carbocycles. The van der Waals surface area contributed by atoms with Crippen LogP contribution in [0.2, 0.25) is 0 Å². The second-order valence-corrected chi connectivity index (χ2v) is 8.57. The minimum atomic E-state index is 0. The number of hydrogen-bond acceptors (Lipinski definition) is 3. The average Bonchev–Trinajstić information content (AvgIpc) is 2.74. The van der Waals surface area contributed by atoms with Crippen molar-refractivity contribution in [3.8, 4) is 0 Å². The van der Waals surface area contributed by atoms with E-state index in [0.29, 0.717) is 18.4 Å². The van der Waals surface area contributed by atoms with E-state index in [4.69, 9.17) is 16.5 Å². The van der Waals surface area contributed by atoms with Crippen LogP contribution in [0.4, 0.5) is 0 Å². The molecule has 0 amide bonds. The Bertz CT molecular complexity index is 652. The van der Waals surface area contributed by atoms with Gasteiger partial charge in [-0.1, -0.05) is 74.5 Å². The van der Waals surface area contributed by atoms with Gasteiger partial charge in [-0.3, -0.25) is 4.99 Å². The van der Waals surface area contributed by atoms with Crippen molar-refractivity contribution in [2.24, 2.45) is 28.3 Å². The van der Waals surface area contributed by atoms with Crippen LogP contribution in [0.5, 0.6) is 0 Å². The fourth-order valence-electron chi connectivity index (χ4n) is 3.46. The van der Waals surface area contributed by atoms with E-state index in [2.05, 4.69) is 80.7 Å². The number of rotatable bonds is 13. The maximum Gasteiger partial charge on any atom is 0.0537 e. The molecule has 3 nitrogen and oxygen atoms in total. The van der Waals surface area contributed by atoms with Gasteiger partial charge in [-0.15, -0.1) is 37.2 Å². The van der Waals surface area contributed by atoms with Gasteiger partial charge >= 0.3 is 0 Å². The topological polar surface area (TPSA) is 64.4 Å². The second kappa shape index (κ2) is 19.4. The normalized spacial score (nSPS) is 12.7. The van der Waals surface area contributed by atoms with Crippen LogP contribution in [0.1, 0.15) is 50.7 Å². The highest BCUT2D eigenvalue weighted by Crippen LogP contribution is 2.16. The molecule has 0 aromatic heterocycles. The van der Waals surface area contributed by atoms with Crippen molar-refractivity contribution in [1.29, 1.82) is 0 Å². The molecule has 0 saturated heterocycles. The summed E-state index contributed by atoms with van der Waals surface area (Å²) in [5.41, 5.74) is 15.2. The third-order valence-electron chi connectivity index (χ3n) is 5.68. The Hall–Kier alpha value is -1.10. The molecule has 0 heterocycles. The van der Waals surface area contributed by atoms with Crippen molar-refractivity contribution in [3.05, 3.63) is 71.8 Å². The van der Waals surface area contributed by atoms with Gasteiger partial charge in [-0.25, -0.2) is 0 Å². The lowest BCUT2D eigenvalue weighted by Crippen LogP contribution is -2.31. The van der Waals surface area contributed by atoms with Gasteiger partial charge in [0.2, 0.25) is 0 Å². The molecule has 2 atom stereocenters. The van der Waals surface area contributed by atoms with E-state index >= 15 is 0 Å². The highest BCUT2D eigenvalue weighted by molar-refractivity contribution is 5.86. The third kappa shape index (κ3) is 14.1. The third-order valence-corrected chi connectivity index (χ3v) is 5.68. The average molecular weight is 503 g/mol. The van der Waals surface area contributed by atoms with Crippen LogP contribution in [-0.2, 0) is 12.8 Å². The molecule has 0 aliphatic heterocycles. The van der Waals surface area contributed by atoms with Crippen LogP contribution in [-0.4, -0.2) is 24.8 Å². The van der Waals surface area contributed by atoms with Crippen molar-refractivity contribution in [3.63, 3.8) is 0 Å². The maximum atomic E-state index is 6.27. The molecule has 0 saturated carbocycles. The molecule has 0 fully saturated rings. The van der Waals surface area contributed by atoms with Gasteiger partial charge < -0.3 is 11.5 Å². The molecular weight excluding hydrogens is 461 g/mol. The zero-order valence-electron chi connectivity index (χ0n) is 19.4. The number of nitrogens with zero attached hydrogens (tertiary/aromatic N) is 1. The summed E-state index contributed by atoms with van der Waals surface area (Å²) < 4.78 is 0. The number of aryl methyl sites for hydroxylation is 2. The summed E-state index contributed by atoms with van der Waals surface area (Å²) in [6, 6.07) is 21.8. The van der Waals surface area contributed by atoms with E-state index in [1.165, 1.54) is 11.1 Å². The standard InChI is InChI=1S/C26H39N3.3ClH/c1-21(2)26(28)18-17-25(27)20-29-19-24(15-13-22-9-5-3-6-10-22)16-14-23-11-7-4-8-12-23;;;/h3-12,19,21,24-26H,13-18,20,27-28H2,1-2H3;3*1H/b29-19+;;;. The maximum absolute atomic E-state index is 6.27. The zero-order valence-corrected chi connectivity index (χ0v) is 21.9. The Kier molecular flexibility index (Phi) is 20.0. The summed E-state index contributed by atoms with van der Waals surface area (Å²) >= 11 is 0. The van der Waals surface area contributed by atoms with Crippen LogP contribution in [0.3, 0.4) is 0 Å². The minimum absolute atomic E-state index is 0. The molecule has 32 heavy (non-hydrogen) atoms. The molecule has 2 aromatic rings. The van der Waals surface area contributed by atoms with E-state index in [1.54, 1.807) is 0 Å². The van der Waals surface area contributed by atoms with E-state index in [1.807, 2.05) is 0 Å². The first-order valence-corrected chi connectivity index (χ1v) is 11.1. The molecule has 0 radical (unpaired) electrons. The molecule has 2 rings (SSSR count). The van der Waals surface area contributed by atoms with Crippen LogP contribution in [0, 0.1) is 11.8 Å². The lowest BCUT2D eigenvalue weighted by molar-refractivity contribution is 0.431. The van der Waals surface area contributed by atoms with Gasteiger partial charge in [0.15, 0.2) is 0 Å². The lowest BCUT2D eigenvalue weighted by Gasteiger charge is -2.17. The van der Waals surface area contributed by atoms with Crippen molar-refractivity contribution >= 4 is 43.4 Å². The number of nitrogens with two attached hydrogens (primary N) is 2. The molecule has 182 valence electrons. The molecule has 2 unspecified atom stereocenters. The number of benzene rings is 2. The van der Waals surface area contributed by atoms with Crippen molar-refractivity contribution in [2.75, 3.05) is 6.54 Å². The smallest absolute Gasteiger partial charge is 0.0537 e. The Morgan fingerprint density at radius 1 is 0.719 bits per heavy atom. The van der Waals surface area contributed by atoms with Gasteiger partial charge in [0.05, 0.1) is 6.54 Å². The first-order valence-electron chi connectivity index (χ1n) is 11.1. The van der Waals surface area contributed by atoms with E-state index in [-0.39, 0.29) is 49.3 Å². The highest BCUT2D eigenvalue weighted by atomic mass is 35.5. The van der Waals surface area contributed by atoms with Crippen LogP contribution in [0.15, 0.2) is 65.7 Å². The van der Waals surface area contributed by atoms with Gasteiger partial charge in [-0.05, 0) is 61.5 Å². The minimum Gasteiger partial charge on any atom is -0.327 e. The summed E-state index contributed by atoms with van der Waals surface area (Å²) in [6.45, 7) is 5.02. The summed E-state index contributed by atoms with van der Waals surface area (Å²) in [5, 5.41) is 0. The Morgan fingerprint density at radius 3 is 1.62 bits per heavy atom. The van der Waals surface area contributed by atoms with Crippen LogP contribution < -0.4 is 11.5 Å². The highest BCUT2D eigenvalue weighted by Gasteiger charge is 2.11. The molecule has 0 aliphatic rings. The van der Waals surface area contributed by atoms with E-state index < -0.39 is 0 Å². The molecular formula is C26H42Cl3N3. The molecule has 0 spiro atoms. The van der Waals surface area contributed by atoms with E-state index in [0.717, 1.165) is 38.5 Å². The fraction of sp³-hybridized carbons (Fsp3) is 0.500. The predicted octanol–water partition coefficient (Wildman–Crippen LogP) is 6.30. The summed E-state index contributed by atoms with van der Waals surface area (Å²) in [7, 11) is 0. The molecule has 6 heteroatoms. The predicted molar refractivity (Wildman–Crippen MR) is 148 cm³/mol. The Balaban J connectivity index is 0. The summed E-state index contributed by atoms with van der Waals surface area (Å²) in [6.07, 6.45) is 8.48. The van der Waals surface area contributed by atoms with E-state index in [9.17, 15) is 0 Å². The number of aliphatic imine (C=N–C) groups is 1. The molecule has 0 aliphatic carbocycles. The van der Waals surface area contributed by atoms with Gasteiger partial charge in [0.25, 0.3) is 0 Å². The van der Waals surface area contributed by atoms with Gasteiger partial charge in [0, 0.05) is 18.3 Å². The van der Waals surface area contributed by atoms with Crippen molar-refractivity contribution < 1.29 is 0 Å². The fourth-order valence-corrected chi connectivity index (χ4v) is 3.46. The first-order chi connectivity index (χ1) is 14.0. The SMILES string of the molecule is CC(C)C(N)CCC(N)C/N=C/C(CCc1ccccc1)CCc1ccccc1.Cl.Cl.Cl. The van der Waals surface area contributed by atoms with Gasteiger partial charge in [0.1, 0.15) is 0 Å². The van der Waals surface area contributed by atoms with Gasteiger partial charge in [-0.2, -0.15) is 0 Å².